The van der Waals surface area contributed by atoms with Gasteiger partial charge in [0.1, 0.15) is 0 Å². The molecule has 0 aliphatic carbocycles. The molecule has 2 atom stereocenters. The van der Waals surface area contributed by atoms with Crippen LogP contribution in [0.25, 0.3) is 0 Å². The van der Waals surface area contributed by atoms with Gasteiger partial charge in [-0.05, 0) is 48.2 Å². The van der Waals surface area contributed by atoms with Crippen molar-refractivity contribution in [1.82, 2.24) is 10.3 Å². The minimum absolute atomic E-state index is 0.128. The summed E-state index contributed by atoms with van der Waals surface area (Å²) < 4.78 is 6.11. The number of rotatable bonds is 5. The van der Waals surface area contributed by atoms with Gasteiger partial charge in [-0.2, -0.15) is 0 Å². The summed E-state index contributed by atoms with van der Waals surface area (Å²) in [4.78, 5) is 4.10. The van der Waals surface area contributed by atoms with Crippen molar-refractivity contribution >= 4 is 0 Å². The molecule has 1 N–H and O–H groups in total. The summed E-state index contributed by atoms with van der Waals surface area (Å²) in [7, 11) is 0. The highest BCUT2D eigenvalue weighted by Gasteiger charge is 2.28. The number of benzene rings is 1. The summed E-state index contributed by atoms with van der Waals surface area (Å²) in [5, 5.41) is 3.60. The van der Waals surface area contributed by atoms with Crippen LogP contribution in [0.15, 0.2) is 48.8 Å². The molecule has 2 unspecified atom stereocenters. The average molecular weight is 282 g/mol. The first-order chi connectivity index (χ1) is 10.4. The highest BCUT2D eigenvalue weighted by Crippen LogP contribution is 2.30. The summed E-state index contributed by atoms with van der Waals surface area (Å²) in [6, 6.07) is 13.1. The van der Waals surface area contributed by atoms with Crippen molar-refractivity contribution in [3.63, 3.8) is 0 Å². The quantitative estimate of drug-likeness (QED) is 0.915. The third kappa shape index (κ3) is 3.31. The molecule has 1 aromatic carbocycles. The molecule has 0 fully saturated rings. The molecule has 1 aromatic heterocycles. The van der Waals surface area contributed by atoms with Gasteiger partial charge in [-0.25, -0.2) is 0 Å². The van der Waals surface area contributed by atoms with Crippen LogP contribution < -0.4 is 5.32 Å². The van der Waals surface area contributed by atoms with Crippen LogP contribution in [0.5, 0.6) is 0 Å². The maximum absolute atomic E-state index is 6.11. The number of pyridine rings is 1. The maximum atomic E-state index is 6.11. The van der Waals surface area contributed by atoms with Gasteiger partial charge in [0.15, 0.2) is 0 Å². The van der Waals surface area contributed by atoms with Crippen molar-refractivity contribution < 1.29 is 4.74 Å². The molecular formula is C18H22N2O. The van der Waals surface area contributed by atoms with Gasteiger partial charge >= 0.3 is 0 Å². The summed E-state index contributed by atoms with van der Waals surface area (Å²) >= 11 is 0. The van der Waals surface area contributed by atoms with Gasteiger partial charge < -0.3 is 10.1 Å². The van der Waals surface area contributed by atoms with Crippen molar-refractivity contribution in [2.45, 2.75) is 31.9 Å². The van der Waals surface area contributed by atoms with E-state index in [9.17, 15) is 0 Å². The van der Waals surface area contributed by atoms with E-state index in [4.69, 9.17) is 4.74 Å². The second-order valence-corrected chi connectivity index (χ2v) is 5.46. The number of ether oxygens (including phenoxy) is 1. The summed E-state index contributed by atoms with van der Waals surface area (Å²) in [5.74, 6) is 0. The molecule has 0 saturated carbocycles. The largest absolute Gasteiger partial charge is 0.372 e. The van der Waals surface area contributed by atoms with Crippen LogP contribution in [0, 0.1) is 0 Å². The first kappa shape index (κ1) is 14.2. The molecule has 1 aliphatic heterocycles. The Labute approximate surface area is 126 Å². The number of nitrogens with zero attached hydrogens (tertiary/aromatic N) is 1. The summed E-state index contributed by atoms with van der Waals surface area (Å²) in [6.07, 6.45) is 5.81. The molecule has 0 radical (unpaired) electrons. The smallest absolute Gasteiger partial charge is 0.0983 e. The third-order valence-corrected chi connectivity index (χ3v) is 4.07. The second-order valence-electron chi connectivity index (χ2n) is 5.46. The first-order valence-electron chi connectivity index (χ1n) is 7.70. The fourth-order valence-electron chi connectivity index (χ4n) is 3.08. The standard InChI is InChI=1S/C18H22N2O/c1-2-20-17(13-14-7-10-19-11-8-14)18-16-6-4-3-5-15(16)9-12-21-18/h3-8,10-11,17-18,20H,2,9,12-13H2,1H3. The van der Waals surface area contributed by atoms with Crippen LogP contribution in [0.4, 0.5) is 0 Å². The average Bonchev–Trinajstić information content (AvgIpc) is 2.55. The molecule has 1 aliphatic rings. The van der Waals surface area contributed by atoms with E-state index in [0.29, 0.717) is 6.04 Å². The van der Waals surface area contributed by atoms with Crippen LogP contribution in [0.1, 0.15) is 29.7 Å². The first-order valence-corrected chi connectivity index (χ1v) is 7.70. The molecular weight excluding hydrogens is 260 g/mol. The van der Waals surface area contributed by atoms with Crippen LogP contribution in [0.2, 0.25) is 0 Å². The van der Waals surface area contributed by atoms with Crippen LogP contribution >= 0.6 is 0 Å². The lowest BCUT2D eigenvalue weighted by atomic mass is 9.90. The lowest BCUT2D eigenvalue weighted by Crippen LogP contribution is -2.40. The van der Waals surface area contributed by atoms with Gasteiger partial charge in [0.2, 0.25) is 0 Å². The number of fused-ring (bicyclic) bond motifs is 1. The zero-order chi connectivity index (χ0) is 14.5. The topological polar surface area (TPSA) is 34.2 Å². The second kappa shape index (κ2) is 6.83. The molecule has 0 amide bonds. The molecule has 2 aromatic rings. The Morgan fingerprint density at radius 3 is 2.86 bits per heavy atom. The Balaban J connectivity index is 1.84. The van der Waals surface area contributed by atoms with Crippen LogP contribution in [-0.4, -0.2) is 24.2 Å². The SMILES string of the molecule is CCNC(Cc1ccncc1)C1OCCc2ccccc21. The Morgan fingerprint density at radius 2 is 2.05 bits per heavy atom. The van der Waals surface area contributed by atoms with Gasteiger partial charge in [-0.15, -0.1) is 0 Å². The lowest BCUT2D eigenvalue weighted by molar-refractivity contribution is 0.0158. The van der Waals surface area contributed by atoms with Crippen molar-refractivity contribution in [1.29, 1.82) is 0 Å². The van der Waals surface area contributed by atoms with Crippen LogP contribution in [0.3, 0.4) is 0 Å². The van der Waals surface area contributed by atoms with Gasteiger partial charge in [-0.1, -0.05) is 31.2 Å². The fourth-order valence-corrected chi connectivity index (χ4v) is 3.08. The van der Waals surface area contributed by atoms with Gasteiger partial charge in [0.25, 0.3) is 0 Å². The van der Waals surface area contributed by atoms with Gasteiger partial charge in [0, 0.05) is 18.4 Å². The van der Waals surface area contributed by atoms with Gasteiger partial charge in [-0.3, -0.25) is 4.98 Å². The van der Waals surface area contributed by atoms with E-state index >= 15 is 0 Å². The normalized spacial score (nSPS) is 19.0. The molecule has 3 rings (SSSR count). The van der Waals surface area contributed by atoms with E-state index in [1.54, 1.807) is 0 Å². The molecule has 3 heteroatoms. The van der Waals surface area contributed by atoms with E-state index < -0.39 is 0 Å². The van der Waals surface area contributed by atoms with E-state index in [2.05, 4.69) is 53.6 Å². The maximum Gasteiger partial charge on any atom is 0.0983 e. The predicted molar refractivity (Wildman–Crippen MR) is 84.2 cm³/mol. The zero-order valence-corrected chi connectivity index (χ0v) is 12.5. The van der Waals surface area contributed by atoms with Crippen molar-refractivity contribution in [2.75, 3.05) is 13.2 Å². The minimum atomic E-state index is 0.128. The Hall–Kier alpha value is -1.71. The Kier molecular flexibility index (Phi) is 4.63. The van der Waals surface area contributed by atoms with E-state index in [0.717, 1.165) is 26.0 Å². The molecule has 110 valence electrons. The fraction of sp³-hybridized carbons (Fsp3) is 0.389. The highest BCUT2D eigenvalue weighted by atomic mass is 16.5. The van der Waals surface area contributed by atoms with Crippen molar-refractivity contribution in [2.24, 2.45) is 0 Å². The summed E-state index contributed by atoms with van der Waals surface area (Å²) in [5.41, 5.74) is 4.05. The number of nitrogens with one attached hydrogen (secondary N) is 1. The molecule has 0 saturated heterocycles. The van der Waals surface area contributed by atoms with Crippen molar-refractivity contribution in [3.05, 3.63) is 65.5 Å². The predicted octanol–water partition coefficient (Wildman–Crippen LogP) is 2.92. The van der Waals surface area contributed by atoms with E-state index in [1.165, 1.54) is 16.7 Å². The van der Waals surface area contributed by atoms with Crippen molar-refractivity contribution in [3.8, 4) is 0 Å². The molecule has 0 spiro atoms. The molecule has 2 heterocycles. The molecule has 21 heavy (non-hydrogen) atoms. The van der Waals surface area contributed by atoms with Crippen LogP contribution in [-0.2, 0) is 17.6 Å². The van der Waals surface area contributed by atoms with E-state index in [1.807, 2.05) is 12.4 Å². The minimum Gasteiger partial charge on any atom is -0.372 e. The molecule has 3 nitrogen and oxygen atoms in total. The Bertz CT molecular complexity index is 570. The summed E-state index contributed by atoms with van der Waals surface area (Å²) in [6.45, 7) is 3.89. The number of hydrogen-bond donors (Lipinski definition) is 1. The van der Waals surface area contributed by atoms with Gasteiger partial charge in [0.05, 0.1) is 12.7 Å². The highest BCUT2D eigenvalue weighted by molar-refractivity contribution is 5.32. The zero-order valence-electron chi connectivity index (χ0n) is 12.5. The lowest BCUT2D eigenvalue weighted by Gasteiger charge is -2.33. The third-order valence-electron chi connectivity index (χ3n) is 4.07. The number of hydrogen-bond acceptors (Lipinski definition) is 3. The Morgan fingerprint density at radius 1 is 1.24 bits per heavy atom. The number of likely N-dealkylation sites (N-methyl/N-ethyl adjacent to an activating group) is 1. The monoisotopic (exact) mass is 282 g/mol. The van der Waals surface area contributed by atoms with E-state index in [-0.39, 0.29) is 6.10 Å². The molecule has 0 bridgehead atoms. The number of aromatic nitrogens is 1.